The summed E-state index contributed by atoms with van der Waals surface area (Å²) >= 11 is 0. The summed E-state index contributed by atoms with van der Waals surface area (Å²) in [7, 11) is 0.494. The molecule has 0 unspecified atom stereocenters. The molecular weight excluding hydrogens is 371 g/mol. The number of hydrogen-bond acceptors (Lipinski definition) is 4. The third-order valence-corrected chi connectivity index (χ3v) is 6.60. The average Bonchev–Trinajstić information content (AvgIpc) is 3.44. The summed E-state index contributed by atoms with van der Waals surface area (Å²) in [4.78, 5) is 12.8. The van der Waals surface area contributed by atoms with E-state index in [2.05, 4.69) is 5.32 Å². The number of hydrogen-bond donors (Lipinski definition) is 1. The summed E-state index contributed by atoms with van der Waals surface area (Å²) in [6, 6.07) is 10.4. The first-order chi connectivity index (χ1) is 12.7. The fourth-order valence-electron chi connectivity index (χ4n) is 2.94. The maximum Gasteiger partial charge on any atom is 0.246 e. The molecule has 2 aromatic rings. The smallest absolute Gasteiger partial charge is 0.246 e. The third-order valence-electron chi connectivity index (χ3n) is 4.76. The molecule has 0 atom stereocenters. The van der Waals surface area contributed by atoms with Crippen molar-refractivity contribution in [2.75, 3.05) is 26.5 Å². The van der Waals surface area contributed by atoms with Crippen LogP contribution >= 0.6 is 0 Å². The molecular formula is C19H21FN2O4S. The largest absolute Gasteiger partial charge is 0.495 e. The molecule has 0 aromatic heterocycles. The highest BCUT2D eigenvalue weighted by Crippen LogP contribution is 2.49. The van der Waals surface area contributed by atoms with E-state index >= 15 is 0 Å². The lowest BCUT2D eigenvalue weighted by atomic mass is 9.95. The number of methoxy groups -OCH3 is 1. The summed E-state index contributed by atoms with van der Waals surface area (Å²) < 4.78 is 44.4. The van der Waals surface area contributed by atoms with E-state index in [0.717, 1.165) is 9.87 Å². The number of benzene rings is 2. The van der Waals surface area contributed by atoms with Crippen molar-refractivity contribution in [3.05, 3.63) is 53.8 Å². The highest BCUT2D eigenvalue weighted by Gasteiger charge is 2.51. The number of anilines is 1. The molecule has 0 radical (unpaired) electrons. The van der Waals surface area contributed by atoms with Gasteiger partial charge in [0.15, 0.2) is 0 Å². The van der Waals surface area contributed by atoms with E-state index in [-0.39, 0.29) is 22.4 Å². The van der Waals surface area contributed by atoms with Crippen molar-refractivity contribution in [3.63, 3.8) is 0 Å². The van der Waals surface area contributed by atoms with Crippen molar-refractivity contribution in [1.82, 2.24) is 4.31 Å². The first-order valence-corrected chi connectivity index (χ1v) is 9.83. The summed E-state index contributed by atoms with van der Waals surface area (Å²) in [5.74, 6) is -0.405. The van der Waals surface area contributed by atoms with Crippen LogP contribution in [0.25, 0.3) is 0 Å². The predicted molar refractivity (Wildman–Crippen MR) is 99.8 cm³/mol. The van der Waals surface area contributed by atoms with Crippen molar-refractivity contribution in [2.45, 2.75) is 23.2 Å². The molecule has 0 spiro atoms. The zero-order valence-electron chi connectivity index (χ0n) is 15.3. The molecule has 0 aliphatic heterocycles. The molecule has 8 heteroatoms. The first kappa shape index (κ1) is 19.3. The quantitative estimate of drug-likeness (QED) is 0.820. The summed E-state index contributed by atoms with van der Waals surface area (Å²) in [5, 5.41) is 2.79. The molecule has 144 valence electrons. The number of carbonyl (C=O) groups is 1. The third kappa shape index (κ3) is 3.54. The summed E-state index contributed by atoms with van der Waals surface area (Å²) in [5.41, 5.74) is 0.402. The SMILES string of the molecule is COc1ccc(NC(=O)C2(c3ccc(F)cc3)CC2)cc1S(=O)(=O)N(C)C. The second-order valence-electron chi connectivity index (χ2n) is 6.70. The molecule has 0 heterocycles. The molecule has 1 N–H and O–H groups in total. The maximum absolute atomic E-state index is 13.2. The van der Waals surface area contributed by atoms with Crippen LogP contribution in [0.1, 0.15) is 18.4 Å². The van der Waals surface area contributed by atoms with Crippen LogP contribution in [-0.2, 0) is 20.2 Å². The number of sulfonamides is 1. The highest BCUT2D eigenvalue weighted by molar-refractivity contribution is 7.89. The van der Waals surface area contributed by atoms with Crippen molar-refractivity contribution in [1.29, 1.82) is 0 Å². The number of carbonyl (C=O) groups excluding carboxylic acids is 1. The molecule has 0 bridgehead atoms. The molecule has 2 aromatic carbocycles. The molecule has 0 saturated heterocycles. The Morgan fingerprint density at radius 2 is 1.78 bits per heavy atom. The first-order valence-electron chi connectivity index (χ1n) is 8.39. The minimum atomic E-state index is -3.74. The summed E-state index contributed by atoms with van der Waals surface area (Å²) in [6.07, 6.45) is 1.31. The molecule has 3 rings (SSSR count). The highest BCUT2D eigenvalue weighted by atomic mass is 32.2. The second-order valence-corrected chi connectivity index (χ2v) is 8.82. The van der Waals surface area contributed by atoms with E-state index in [1.807, 2.05) is 0 Å². The Balaban J connectivity index is 1.90. The van der Waals surface area contributed by atoms with Gasteiger partial charge in [0.05, 0.1) is 12.5 Å². The number of nitrogens with zero attached hydrogens (tertiary/aromatic N) is 1. The monoisotopic (exact) mass is 392 g/mol. The van der Waals surface area contributed by atoms with E-state index in [1.165, 1.54) is 45.5 Å². The van der Waals surface area contributed by atoms with Gasteiger partial charge in [0.25, 0.3) is 0 Å². The molecule has 1 saturated carbocycles. The fourth-order valence-corrected chi connectivity index (χ4v) is 4.02. The van der Waals surface area contributed by atoms with Crippen LogP contribution in [0, 0.1) is 5.82 Å². The molecule has 1 aliphatic rings. The van der Waals surface area contributed by atoms with Crippen LogP contribution in [0.4, 0.5) is 10.1 Å². The van der Waals surface area contributed by atoms with E-state index in [4.69, 9.17) is 4.74 Å². The Labute approximate surface area is 158 Å². The molecule has 6 nitrogen and oxygen atoms in total. The van der Waals surface area contributed by atoms with E-state index < -0.39 is 15.4 Å². The number of amides is 1. The van der Waals surface area contributed by atoms with Crippen molar-refractivity contribution in [2.24, 2.45) is 0 Å². The minimum Gasteiger partial charge on any atom is -0.495 e. The Morgan fingerprint density at radius 1 is 1.15 bits per heavy atom. The normalized spacial score (nSPS) is 15.4. The van der Waals surface area contributed by atoms with Gasteiger partial charge in [0.1, 0.15) is 16.5 Å². The molecule has 27 heavy (non-hydrogen) atoms. The van der Waals surface area contributed by atoms with Gasteiger partial charge in [0.2, 0.25) is 15.9 Å². The standard InChI is InChI=1S/C19H21FN2O4S/c1-22(2)27(24,25)17-12-15(8-9-16(17)26-3)21-18(23)19(10-11-19)13-4-6-14(20)7-5-13/h4-9,12H,10-11H2,1-3H3,(H,21,23). The van der Waals surface area contributed by atoms with Crippen LogP contribution < -0.4 is 10.1 Å². The van der Waals surface area contributed by atoms with Gasteiger partial charge in [-0.2, -0.15) is 0 Å². The zero-order valence-corrected chi connectivity index (χ0v) is 16.1. The summed E-state index contributed by atoms with van der Waals surface area (Å²) in [6.45, 7) is 0. The van der Waals surface area contributed by atoms with Gasteiger partial charge in [0, 0.05) is 19.8 Å². The minimum absolute atomic E-state index is 0.0283. The van der Waals surface area contributed by atoms with Crippen LogP contribution in [0.2, 0.25) is 0 Å². The number of rotatable bonds is 6. The Hall–Kier alpha value is -2.45. The number of nitrogens with one attached hydrogen (secondary N) is 1. The van der Waals surface area contributed by atoms with Crippen molar-refractivity contribution < 1.29 is 22.3 Å². The second kappa shape index (κ2) is 6.94. The van der Waals surface area contributed by atoms with Gasteiger partial charge in [-0.3, -0.25) is 4.79 Å². The predicted octanol–water partition coefficient (Wildman–Crippen LogP) is 2.75. The topological polar surface area (TPSA) is 75.7 Å². The lowest BCUT2D eigenvalue weighted by molar-refractivity contribution is -0.118. The fraction of sp³-hybridized carbons (Fsp3) is 0.316. The molecule has 1 amide bonds. The molecule has 1 aliphatic carbocycles. The Morgan fingerprint density at radius 3 is 2.30 bits per heavy atom. The van der Waals surface area contributed by atoms with Crippen LogP contribution in [0.15, 0.2) is 47.4 Å². The Kier molecular flexibility index (Phi) is 4.96. The van der Waals surface area contributed by atoms with Gasteiger partial charge in [-0.15, -0.1) is 0 Å². The van der Waals surface area contributed by atoms with Gasteiger partial charge >= 0.3 is 0 Å². The number of ether oxygens (including phenoxy) is 1. The van der Waals surface area contributed by atoms with E-state index in [0.29, 0.717) is 18.5 Å². The molecule has 1 fully saturated rings. The van der Waals surface area contributed by atoms with Crippen LogP contribution in [0.3, 0.4) is 0 Å². The van der Waals surface area contributed by atoms with E-state index in [9.17, 15) is 17.6 Å². The van der Waals surface area contributed by atoms with Crippen molar-refractivity contribution in [3.8, 4) is 5.75 Å². The lowest BCUT2D eigenvalue weighted by Gasteiger charge is -2.18. The van der Waals surface area contributed by atoms with Crippen LogP contribution in [-0.4, -0.2) is 39.8 Å². The van der Waals surface area contributed by atoms with Gasteiger partial charge < -0.3 is 10.1 Å². The maximum atomic E-state index is 13.2. The van der Waals surface area contributed by atoms with Crippen LogP contribution in [0.5, 0.6) is 5.75 Å². The van der Waals surface area contributed by atoms with Crippen molar-refractivity contribution >= 4 is 21.6 Å². The lowest BCUT2D eigenvalue weighted by Crippen LogP contribution is -2.28. The average molecular weight is 392 g/mol. The number of halogens is 1. The van der Waals surface area contributed by atoms with Gasteiger partial charge in [-0.05, 0) is 48.7 Å². The zero-order chi connectivity index (χ0) is 19.8. The van der Waals surface area contributed by atoms with E-state index in [1.54, 1.807) is 18.2 Å². The van der Waals surface area contributed by atoms with Gasteiger partial charge in [-0.1, -0.05) is 12.1 Å². The van der Waals surface area contributed by atoms with Gasteiger partial charge in [-0.25, -0.2) is 17.1 Å². The Bertz CT molecular complexity index is 968.